The number of nitrogens with one attached hydrogen (secondary N) is 1. The predicted octanol–water partition coefficient (Wildman–Crippen LogP) is 1.85. The summed E-state index contributed by atoms with van der Waals surface area (Å²) in [5.74, 6) is 0. The summed E-state index contributed by atoms with van der Waals surface area (Å²) in [5, 5.41) is 11.2. The van der Waals surface area contributed by atoms with Crippen LogP contribution in [0.5, 0.6) is 0 Å². The Kier molecular flexibility index (Phi) is 9.38. The van der Waals surface area contributed by atoms with E-state index in [9.17, 15) is 0 Å². The van der Waals surface area contributed by atoms with Crippen molar-refractivity contribution in [1.82, 2.24) is 20.3 Å². The molecule has 0 aliphatic heterocycles. The molecule has 1 rings (SSSR count). The molecular weight excluding hydrogens is 228 g/mol. The van der Waals surface area contributed by atoms with Crippen LogP contribution in [0.1, 0.15) is 38.5 Å². The van der Waals surface area contributed by atoms with E-state index < -0.39 is 0 Å². The minimum atomic E-state index is 0.899. The van der Waals surface area contributed by atoms with Gasteiger partial charge in [-0.25, -0.2) is 0 Å². The number of hydrogen-bond donors (Lipinski definition) is 1. The average molecular weight is 254 g/mol. The van der Waals surface area contributed by atoms with E-state index in [0.717, 1.165) is 32.7 Å². The van der Waals surface area contributed by atoms with E-state index in [1.807, 2.05) is 10.9 Å². The molecule has 0 saturated heterocycles. The minimum Gasteiger partial charge on any atom is -0.385 e. The van der Waals surface area contributed by atoms with Crippen molar-refractivity contribution in [1.29, 1.82) is 0 Å². The standard InChI is InChI=1S/C13H26N4O/c1-18-13-7-3-2-4-8-14-9-5-6-11-17-12-10-15-16-17/h10,12,14H,2-9,11,13H2,1H3. The van der Waals surface area contributed by atoms with Gasteiger partial charge in [0.05, 0.1) is 6.20 Å². The molecule has 0 aliphatic carbocycles. The average Bonchev–Trinajstić information content (AvgIpc) is 2.89. The van der Waals surface area contributed by atoms with Crippen molar-refractivity contribution >= 4 is 0 Å². The fraction of sp³-hybridized carbons (Fsp3) is 0.846. The molecule has 1 heterocycles. The number of methoxy groups -OCH3 is 1. The summed E-state index contributed by atoms with van der Waals surface area (Å²) in [6.45, 7) is 4.11. The van der Waals surface area contributed by atoms with Crippen LogP contribution in [0, 0.1) is 0 Å². The Morgan fingerprint density at radius 3 is 2.56 bits per heavy atom. The van der Waals surface area contributed by atoms with Crippen molar-refractivity contribution in [2.75, 3.05) is 26.8 Å². The van der Waals surface area contributed by atoms with Gasteiger partial charge >= 0.3 is 0 Å². The largest absolute Gasteiger partial charge is 0.385 e. The molecule has 0 fully saturated rings. The Hall–Kier alpha value is -0.940. The molecule has 1 aromatic heterocycles. The highest BCUT2D eigenvalue weighted by atomic mass is 16.5. The second-order valence-corrected chi connectivity index (χ2v) is 4.53. The zero-order valence-electron chi connectivity index (χ0n) is 11.5. The molecule has 0 unspecified atom stereocenters. The van der Waals surface area contributed by atoms with Crippen LogP contribution in [0.2, 0.25) is 0 Å². The first-order chi connectivity index (χ1) is 8.93. The third kappa shape index (κ3) is 8.20. The lowest BCUT2D eigenvalue weighted by atomic mass is 10.2. The van der Waals surface area contributed by atoms with Gasteiger partial charge in [-0.3, -0.25) is 4.68 Å². The highest BCUT2D eigenvalue weighted by Gasteiger charge is 1.93. The first-order valence-corrected chi connectivity index (χ1v) is 6.97. The summed E-state index contributed by atoms with van der Waals surface area (Å²) in [4.78, 5) is 0. The summed E-state index contributed by atoms with van der Waals surface area (Å²) < 4.78 is 6.90. The molecule has 1 aromatic rings. The van der Waals surface area contributed by atoms with Crippen molar-refractivity contribution in [2.24, 2.45) is 0 Å². The third-order valence-corrected chi connectivity index (χ3v) is 2.91. The van der Waals surface area contributed by atoms with E-state index in [0.29, 0.717) is 0 Å². The molecule has 0 aliphatic rings. The minimum absolute atomic E-state index is 0.899. The van der Waals surface area contributed by atoms with Crippen LogP contribution in [0.3, 0.4) is 0 Å². The van der Waals surface area contributed by atoms with Gasteiger partial charge in [0, 0.05) is 26.5 Å². The highest BCUT2D eigenvalue weighted by molar-refractivity contribution is 4.63. The topological polar surface area (TPSA) is 52.0 Å². The van der Waals surface area contributed by atoms with Crippen molar-refractivity contribution < 1.29 is 4.74 Å². The number of nitrogens with zero attached hydrogens (tertiary/aromatic N) is 3. The predicted molar refractivity (Wildman–Crippen MR) is 72.5 cm³/mol. The molecule has 0 bridgehead atoms. The zero-order valence-corrected chi connectivity index (χ0v) is 11.5. The summed E-state index contributed by atoms with van der Waals surface area (Å²) in [7, 11) is 1.76. The summed E-state index contributed by atoms with van der Waals surface area (Å²) in [6, 6.07) is 0. The smallest absolute Gasteiger partial charge is 0.0692 e. The van der Waals surface area contributed by atoms with Crippen molar-refractivity contribution in [2.45, 2.75) is 45.1 Å². The van der Waals surface area contributed by atoms with Crippen molar-refractivity contribution in [3.63, 3.8) is 0 Å². The van der Waals surface area contributed by atoms with E-state index in [1.165, 1.54) is 32.1 Å². The molecule has 0 saturated carbocycles. The zero-order chi connectivity index (χ0) is 12.9. The maximum atomic E-state index is 5.02. The monoisotopic (exact) mass is 254 g/mol. The number of aromatic nitrogens is 3. The maximum absolute atomic E-state index is 5.02. The third-order valence-electron chi connectivity index (χ3n) is 2.91. The summed E-state index contributed by atoms with van der Waals surface area (Å²) in [6.07, 6.45) is 11.0. The maximum Gasteiger partial charge on any atom is 0.0692 e. The molecule has 0 radical (unpaired) electrons. The number of aryl methyl sites for hydroxylation is 1. The van der Waals surface area contributed by atoms with Gasteiger partial charge in [0.1, 0.15) is 0 Å². The van der Waals surface area contributed by atoms with Crippen LogP contribution < -0.4 is 5.32 Å². The Bertz CT molecular complexity index is 264. The molecule has 0 amide bonds. The van der Waals surface area contributed by atoms with Crippen LogP contribution in [0.4, 0.5) is 0 Å². The van der Waals surface area contributed by atoms with Gasteiger partial charge in [-0.2, -0.15) is 0 Å². The van der Waals surface area contributed by atoms with Crippen LogP contribution in [-0.4, -0.2) is 41.8 Å². The second kappa shape index (κ2) is 11.2. The van der Waals surface area contributed by atoms with Crippen molar-refractivity contribution in [3.8, 4) is 0 Å². The van der Waals surface area contributed by atoms with Gasteiger partial charge < -0.3 is 10.1 Å². The van der Waals surface area contributed by atoms with Crippen LogP contribution in [-0.2, 0) is 11.3 Å². The first kappa shape index (κ1) is 15.1. The van der Waals surface area contributed by atoms with E-state index >= 15 is 0 Å². The molecule has 0 atom stereocenters. The van der Waals surface area contributed by atoms with Gasteiger partial charge in [0.15, 0.2) is 0 Å². The van der Waals surface area contributed by atoms with Gasteiger partial charge in [0.25, 0.3) is 0 Å². The second-order valence-electron chi connectivity index (χ2n) is 4.53. The number of unbranched alkanes of at least 4 members (excludes halogenated alkanes) is 4. The van der Waals surface area contributed by atoms with Crippen LogP contribution in [0.15, 0.2) is 12.4 Å². The molecule has 18 heavy (non-hydrogen) atoms. The quantitative estimate of drug-likeness (QED) is 0.578. The van der Waals surface area contributed by atoms with Crippen LogP contribution in [0.25, 0.3) is 0 Å². The Labute approximate surface area is 110 Å². The highest BCUT2D eigenvalue weighted by Crippen LogP contribution is 1.99. The molecule has 104 valence electrons. The lowest BCUT2D eigenvalue weighted by Crippen LogP contribution is -2.17. The fourth-order valence-corrected chi connectivity index (χ4v) is 1.85. The summed E-state index contributed by atoms with van der Waals surface area (Å²) >= 11 is 0. The van der Waals surface area contributed by atoms with Crippen LogP contribution >= 0.6 is 0 Å². The molecule has 5 nitrogen and oxygen atoms in total. The number of hydrogen-bond acceptors (Lipinski definition) is 4. The van der Waals surface area contributed by atoms with E-state index in [4.69, 9.17) is 4.74 Å². The first-order valence-electron chi connectivity index (χ1n) is 6.97. The van der Waals surface area contributed by atoms with Gasteiger partial charge in [-0.1, -0.05) is 18.1 Å². The fourth-order valence-electron chi connectivity index (χ4n) is 1.85. The summed E-state index contributed by atoms with van der Waals surface area (Å²) in [5.41, 5.74) is 0. The van der Waals surface area contributed by atoms with Gasteiger partial charge in [-0.05, 0) is 38.8 Å². The van der Waals surface area contributed by atoms with Gasteiger partial charge in [0.2, 0.25) is 0 Å². The molecule has 0 spiro atoms. The normalized spacial score (nSPS) is 10.9. The molecular formula is C13H26N4O. The Morgan fingerprint density at radius 2 is 1.83 bits per heavy atom. The van der Waals surface area contributed by atoms with E-state index in [1.54, 1.807) is 13.3 Å². The number of rotatable bonds is 12. The number of ether oxygens (including phenoxy) is 1. The van der Waals surface area contributed by atoms with Crippen molar-refractivity contribution in [3.05, 3.63) is 12.4 Å². The van der Waals surface area contributed by atoms with E-state index in [-0.39, 0.29) is 0 Å². The van der Waals surface area contributed by atoms with Gasteiger partial charge in [-0.15, -0.1) is 5.10 Å². The van der Waals surface area contributed by atoms with E-state index in [2.05, 4.69) is 15.6 Å². The lowest BCUT2D eigenvalue weighted by Gasteiger charge is -2.05. The lowest BCUT2D eigenvalue weighted by molar-refractivity contribution is 0.192. The molecule has 1 N–H and O–H groups in total. The Balaban J connectivity index is 1.73. The molecule has 0 aromatic carbocycles. The Morgan fingerprint density at radius 1 is 1.06 bits per heavy atom. The molecule has 5 heteroatoms. The SMILES string of the molecule is COCCCCCCNCCCCn1ccnn1.